The number of benzene rings is 1. The highest BCUT2D eigenvalue weighted by molar-refractivity contribution is 5.80. The summed E-state index contributed by atoms with van der Waals surface area (Å²) in [7, 11) is 0. The summed E-state index contributed by atoms with van der Waals surface area (Å²) < 4.78 is 13.6. The minimum atomic E-state index is -0.254. The first-order valence-electron chi connectivity index (χ1n) is 8.45. The summed E-state index contributed by atoms with van der Waals surface area (Å²) in [6.45, 7) is 2.44. The Morgan fingerprint density at radius 3 is 2.30 bits per heavy atom. The van der Waals surface area contributed by atoms with Crippen molar-refractivity contribution in [1.82, 2.24) is 9.80 Å². The van der Waals surface area contributed by atoms with Crippen LogP contribution in [-0.4, -0.2) is 47.8 Å². The summed E-state index contributed by atoms with van der Waals surface area (Å²) in [5, 5.41) is 0. The van der Waals surface area contributed by atoms with Crippen molar-refractivity contribution in [2.45, 2.75) is 32.1 Å². The van der Waals surface area contributed by atoms with Crippen LogP contribution in [0.3, 0.4) is 0 Å². The number of hydrogen-bond acceptors (Lipinski definition) is 2. The number of halogens is 1. The van der Waals surface area contributed by atoms with Crippen LogP contribution in [0.1, 0.15) is 31.2 Å². The fraction of sp³-hybridized carbons (Fsp3) is 0.556. The lowest BCUT2D eigenvalue weighted by Gasteiger charge is -2.38. The molecule has 2 amide bonds. The molecule has 23 heavy (non-hydrogen) atoms. The normalized spacial score (nSPS) is 18.7. The van der Waals surface area contributed by atoms with Crippen molar-refractivity contribution in [2.24, 2.45) is 5.92 Å². The van der Waals surface area contributed by atoms with Crippen LogP contribution in [0.25, 0.3) is 0 Å². The predicted octanol–water partition coefficient (Wildman–Crippen LogP) is 2.23. The van der Waals surface area contributed by atoms with Gasteiger partial charge in [0.15, 0.2) is 0 Å². The molecule has 1 saturated heterocycles. The van der Waals surface area contributed by atoms with Crippen LogP contribution in [-0.2, 0) is 16.0 Å². The van der Waals surface area contributed by atoms with Crippen LogP contribution in [0.2, 0.25) is 0 Å². The van der Waals surface area contributed by atoms with E-state index in [2.05, 4.69) is 0 Å². The van der Waals surface area contributed by atoms with Gasteiger partial charge in [-0.25, -0.2) is 4.39 Å². The number of carbonyl (C=O) groups is 2. The first kappa shape index (κ1) is 16.0. The Kier molecular flexibility index (Phi) is 4.94. The summed E-state index contributed by atoms with van der Waals surface area (Å²) in [4.78, 5) is 28.1. The molecular weight excluding hydrogens is 295 g/mol. The molecule has 124 valence electrons. The average Bonchev–Trinajstić information content (AvgIpc) is 2.52. The minimum Gasteiger partial charge on any atom is -0.339 e. The van der Waals surface area contributed by atoms with Gasteiger partial charge in [-0.05, 0) is 30.9 Å². The lowest BCUT2D eigenvalue weighted by molar-refractivity contribution is -0.144. The van der Waals surface area contributed by atoms with Crippen LogP contribution in [0.4, 0.5) is 4.39 Å². The van der Waals surface area contributed by atoms with E-state index in [0.717, 1.165) is 19.3 Å². The highest BCUT2D eigenvalue weighted by atomic mass is 19.1. The average molecular weight is 318 g/mol. The van der Waals surface area contributed by atoms with E-state index in [4.69, 9.17) is 0 Å². The van der Waals surface area contributed by atoms with Crippen molar-refractivity contribution >= 4 is 11.8 Å². The minimum absolute atomic E-state index is 0.0454. The summed E-state index contributed by atoms with van der Waals surface area (Å²) in [5.41, 5.74) is 0.583. The van der Waals surface area contributed by atoms with Crippen molar-refractivity contribution in [3.05, 3.63) is 35.6 Å². The van der Waals surface area contributed by atoms with Crippen LogP contribution in [0.5, 0.6) is 0 Å². The van der Waals surface area contributed by atoms with Gasteiger partial charge in [-0.2, -0.15) is 0 Å². The number of amides is 2. The van der Waals surface area contributed by atoms with E-state index in [-0.39, 0.29) is 23.5 Å². The highest BCUT2D eigenvalue weighted by Crippen LogP contribution is 2.28. The first-order valence-corrected chi connectivity index (χ1v) is 8.45. The number of carbonyl (C=O) groups excluding carboxylic acids is 2. The molecule has 0 aromatic heterocycles. The third kappa shape index (κ3) is 3.71. The van der Waals surface area contributed by atoms with Crippen LogP contribution in [0, 0.1) is 11.7 Å². The molecule has 0 N–H and O–H groups in total. The molecule has 3 rings (SSSR count). The van der Waals surface area contributed by atoms with E-state index >= 15 is 0 Å². The monoisotopic (exact) mass is 318 g/mol. The van der Waals surface area contributed by atoms with Gasteiger partial charge < -0.3 is 9.80 Å². The van der Waals surface area contributed by atoms with Crippen LogP contribution in [0.15, 0.2) is 24.3 Å². The SMILES string of the molecule is O=C(CCc1ccccc1F)N1CCN(C(=O)C2CCC2)CC1. The van der Waals surface area contributed by atoms with Crippen molar-refractivity contribution in [3.8, 4) is 0 Å². The summed E-state index contributed by atoms with van der Waals surface area (Å²) in [6.07, 6.45) is 3.93. The van der Waals surface area contributed by atoms with E-state index < -0.39 is 0 Å². The van der Waals surface area contributed by atoms with Gasteiger partial charge >= 0.3 is 0 Å². The lowest BCUT2D eigenvalue weighted by Crippen LogP contribution is -2.52. The molecule has 1 aromatic carbocycles. The Morgan fingerprint density at radius 1 is 1.04 bits per heavy atom. The molecule has 1 aliphatic heterocycles. The van der Waals surface area contributed by atoms with Gasteiger partial charge in [0, 0.05) is 38.5 Å². The smallest absolute Gasteiger partial charge is 0.225 e. The predicted molar refractivity (Wildman–Crippen MR) is 85.2 cm³/mol. The number of aryl methyl sites for hydroxylation is 1. The fourth-order valence-corrected chi connectivity index (χ4v) is 3.19. The topological polar surface area (TPSA) is 40.6 Å². The van der Waals surface area contributed by atoms with Crippen molar-refractivity contribution in [3.63, 3.8) is 0 Å². The molecule has 2 aliphatic rings. The molecule has 0 spiro atoms. The van der Waals surface area contributed by atoms with Crippen molar-refractivity contribution in [2.75, 3.05) is 26.2 Å². The zero-order chi connectivity index (χ0) is 16.2. The van der Waals surface area contributed by atoms with Gasteiger partial charge in [-0.15, -0.1) is 0 Å². The number of hydrogen-bond donors (Lipinski definition) is 0. The standard InChI is InChI=1S/C18H23FN2O2/c19-16-7-2-1-4-14(16)8-9-17(22)20-10-12-21(13-11-20)18(23)15-5-3-6-15/h1-2,4,7,15H,3,5-6,8-13H2. The van der Waals surface area contributed by atoms with Crippen LogP contribution < -0.4 is 0 Å². The van der Waals surface area contributed by atoms with Crippen molar-refractivity contribution < 1.29 is 14.0 Å². The number of nitrogens with zero attached hydrogens (tertiary/aromatic N) is 2. The second-order valence-corrected chi connectivity index (χ2v) is 6.43. The molecule has 1 saturated carbocycles. The molecule has 0 radical (unpaired) electrons. The maximum Gasteiger partial charge on any atom is 0.225 e. The van der Waals surface area contributed by atoms with E-state index in [1.807, 2.05) is 4.90 Å². The Balaban J connectivity index is 1.45. The maximum absolute atomic E-state index is 13.6. The molecule has 4 nitrogen and oxygen atoms in total. The molecular formula is C18H23FN2O2. The van der Waals surface area contributed by atoms with E-state index in [9.17, 15) is 14.0 Å². The van der Waals surface area contributed by atoms with Gasteiger partial charge in [0.1, 0.15) is 5.82 Å². The third-order valence-corrected chi connectivity index (χ3v) is 4.96. The van der Waals surface area contributed by atoms with Gasteiger partial charge in [0.05, 0.1) is 0 Å². The second-order valence-electron chi connectivity index (χ2n) is 6.43. The molecule has 0 atom stereocenters. The third-order valence-electron chi connectivity index (χ3n) is 4.96. The molecule has 1 aliphatic carbocycles. The van der Waals surface area contributed by atoms with Crippen molar-refractivity contribution in [1.29, 1.82) is 0 Å². The van der Waals surface area contributed by atoms with Crippen LogP contribution >= 0.6 is 0 Å². The van der Waals surface area contributed by atoms with Gasteiger partial charge in [0.2, 0.25) is 11.8 Å². The molecule has 1 heterocycles. The molecule has 2 fully saturated rings. The Morgan fingerprint density at radius 2 is 1.70 bits per heavy atom. The van der Waals surface area contributed by atoms with Gasteiger partial charge in [0.25, 0.3) is 0 Å². The quantitative estimate of drug-likeness (QED) is 0.854. The summed E-state index contributed by atoms with van der Waals surface area (Å²) in [5.74, 6) is 0.272. The molecule has 0 bridgehead atoms. The molecule has 5 heteroatoms. The first-order chi connectivity index (χ1) is 11.1. The zero-order valence-corrected chi connectivity index (χ0v) is 13.3. The zero-order valence-electron chi connectivity index (χ0n) is 13.3. The second kappa shape index (κ2) is 7.11. The largest absolute Gasteiger partial charge is 0.339 e. The Hall–Kier alpha value is -1.91. The Labute approximate surface area is 136 Å². The lowest BCUT2D eigenvalue weighted by atomic mass is 9.84. The highest BCUT2D eigenvalue weighted by Gasteiger charge is 2.31. The fourth-order valence-electron chi connectivity index (χ4n) is 3.19. The number of piperazine rings is 1. The maximum atomic E-state index is 13.6. The van der Waals surface area contributed by atoms with Gasteiger partial charge in [-0.3, -0.25) is 9.59 Å². The Bertz CT molecular complexity index is 578. The number of rotatable bonds is 4. The van der Waals surface area contributed by atoms with E-state index in [1.54, 1.807) is 23.1 Å². The summed E-state index contributed by atoms with van der Waals surface area (Å²) >= 11 is 0. The molecule has 1 aromatic rings. The molecule has 0 unspecified atom stereocenters. The van der Waals surface area contributed by atoms with E-state index in [1.165, 1.54) is 6.07 Å². The summed E-state index contributed by atoms with van der Waals surface area (Å²) in [6, 6.07) is 6.58. The van der Waals surface area contributed by atoms with Gasteiger partial charge in [-0.1, -0.05) is 24.6 Å². The van der Waals surface area contributed by atoms with E-state index in [0.29, 0.717) is 44.6 Å².